The lowest BCUT2D eigenvalue weighted by Crippen LogP contribution is -2.13. The molecule has 7 nitrogen and oxygen atoms in total. The van der Waals surface area contributed by atoms with Gasteiger partial charge >= 0.3 is 0 Å². The van der Waals surface area contributed by atoms with E-state index in [1.54, 1.807) is 25.1 Å². The molecular weight excluding hydrogens is 424 g/mol. The average Bonchev–Trinajstić information content (AvgIpc) is 2.71. The predicted octanol–water partition coefficient (Wildman–Crippen LogP) is 6.06. The maximum atomic E-state index is 14.7. The van der Waals surface area contributed by atoms with Crippen molar-refractivity contribution in [3.63, 3.8) is 0 Å². The van der Waals surface area contributed by atoms with Gasteiger partial charge in [0.05, 0.1) is 19.3 Å². The molecule has 2 N–H and O–H groups in total. The number of alkyl halides is 2. The fourth-order valence-corrected chi connectivity index (χ4v) is 3.41. The minimum Gasteiger partial charge on any atom is -0.507 e. The largest absolute Gasteiger partial charge is 0.507 e. The van der Waals surface area contributed by atoms with Crippen molar-refractivity contribution in [2.75, 3.05) is 13.7 Å². The summed E-state index contributed by atoms with van der Waals surface area (Å²) in [6.07, 6.45) is 1.04. The van der Waals surface area contributed by atoms with Crippen molar-refractivity contribution < 1.29 is 33.7 Å². The van der Waals surface area contributed by atoms with E-state index in [1.807, 2.05) is 0 Å². The molecule has 0 spiro atoms. The fraction of sp³-hybridized carbons (Fsp3) is 0.391. The number of allylic oxidation sites excluding steroid dienone is 1. The number of methoxy groups -OCH3 is 1. The maximum Gasteiger partial charge on any atom is 0.294 e. The van der Waals surface area contributed by atoms with E-state index < -0.39 is 34.5 Å². The molecule has 0 saturated carbocycles. The molecule has 0 aromatic heterocycles. The van der Waals surface area contributed by atoms with Gasteiger partial charge in [-0.1, -0.05) is 31.1 Å². The summed E-state index contributed by atoms with van der Waals surface area (Å²) in [7, 11) is 1.47. The van der Waals surface area contributed by atoms with Gasteiger partial charge in [-0.2, -0.15) is 0 Å². The fourth-order valence-electron chi connectivity index (χ4n) is 3.41. The Balaban J connectivity index is 2.18. The molecule has 2 aromatic carbocycles. The molecule has 0 saturated heterocycles. The van der Waals surface area contributed by atoms with Crippen LogP contribution >= 0.6 is 0 Å². The Morgan fingerprint density at radius 3 is 2.31 bits per heavy atom. The summed E-state index contributed by atoms with van der Waals surface area (Å²) in [6, 6.07) is 6.94. The zero-order chi connectivity index (χ0) is 23.9. The minimum atomic E-state index is -3.27. The second kappa shape index (κ2) is 10.8. The third-order valence-electron chi connectivity index (χ3n) is 5.06. The van der Waals surface area contributed by atoms with E-state index in [0.717, 1.165) is 12.1 Å². The number of aromatic hydroxyl groups is 2. The number of ether oxygens (including phenoxy) is 1. The predicted molar refractivity (Wildman–Crippen MR) is 116 cm³/mol. The SMILES string of the molecule is C=C(C)c1ccc(OC)cc1-c1c(O)cc(C(F)(F)CCCCCCO[N+](=O)[O-])cc1O. The highest BCUT2D eigenvalue weighted by Crippen LogP contribution is 2.46. The van der Waals surface area contributed by atoms with E-state index >= 15 is 0 Å². The molecule has 0 amide bonds. The van der Waals surface area contributed by atoms with Gasteiger partial charge < -0.3 is 19.8 Å². The molecule has 0 heterocycles. The van der Waals surface area contributed by atoms with E-state index in [1.165, 1.54) is 7.11 Å². The molecule has 0 aliphatic heterocycles. The number of rotatable bonds is 12. The number of hydrogen-bond acceptors (Lipinski definition) is 6. The summed E-state index contributed by atoms with van der Waals surface area (Å²) in [6.45, 7) is 5.58. The van der Waals surface area contributed by atoms with E-state index in [9.17, 15) is 29.1 Å². The van der Waals surface area contributed by atoms with E-state index in [2.05, 4.69) is 11.4 Å². The molecule has 0 aliphatic rings. The van der Waals surface area contributed by atoms with Crippen molar-refractivity contribution in [2.24, 2.45) is 0 Å². The highest BCUT2D eigenvalue weighted by atomic mass is 19.3. The summed E-state index contributed by atoms with van der Waals surface area (Å²) in [4.78, 5) is 14.2. The van der Waals surface area contributed by atoms with Gasteiger partial charge in [-0.05, 0) is 49.6 Å². The van der Waals surface area contributed by atoms with Crippen molar-refractivity contribution in [1.82, 2.24) is 0 Å². The quantitative estimate of drug-likeness (QED) is 0.231. The molecular formula is C23H27F2NO6. The van der Waals surface area contributed by atoms with Crippen LogP contribution in [0.15, 0.2) is 36.9 Å². The van der Waals surface area contributed by atoms with Crippen LogP contribution in [-0.2, 0) is 10.8 Å². The Hall–Kier alpha value is -3.36. The summed E-state index contributed by atoms with van der Waals surface area (Å²) < 4.78 is 34.6. The first-order valence-electron chi connectivity index (χ1n) is 10.1. The third-order valence-corrected chi connectivity index (χ3v) is 5.06. The number of hydrogen-bond donors (Lipinski definition) is 2. The molecule has 0 radical (unpaired) electrons. The second-order valence-electron chi connectivity index (χ2n) is 7.51. The van der Waals surface area contributed by atoms with Gasteiger partial charge in [-0.3, -0.25) is 0 Å². The van der Waals surface area contributed by atoms with Crippen molar-refractivity contribution in [1.29, 1.82) is 0 Å². The molecule has 2 rings (SSSR count). The Morgan fingerprint density at radius 1 is 1.12 bits per heavy atom. The van der Waals surface area contributed by atoms with Gasteiger partial charge in [0.25, 0.3) is 11.0 Å². The van der Waals surface area contributed by atoms with Crippen LogP contribution in [0, 0.1) is 10.1 Å². The standard InChI is InChI=1S/C23H27F2NO6/c1-15(2)18-9-8-17(31-3)14-19(18)22-20(27)12-16(13-21(22)28)23(24,25)10-6-4-5-7-11-32-26(29)30/h8-9,12-14,27-28H,1,4-7,10-11H2,2-3H3. The molecule has 0 unspecified atom stereocenters. The molecule has 0 atom stereocenters. The lowest BCUT2D eigenvalue weighted by Gasteiger charge is -2.20. The summed E-state index contributed by atoms with van der Waals surface area (Å²) in [5.41, 5.74) is 1.25. The van der Waals surface area contributed by atoms with Crippen molar-refractivity contribution in [3.05, 3.63) is 58.2 Å². The number of phenols is 2. The summed E-state index contributed by atoms with van der Waals surface area (Å²) in [5.74, 6) is -3.75. The Morgan fingerprint density at radius 2 is 1.75 bits per heavy atom. The number of benzene rings is 2. The molecule has 0 bridgehead atoms. The Kier molecular flexibility index (Phi) is 8.40. The van der Waals surface area contributed by atoms with Crippen molar-refractivity contribution >= 4 is 5.57 Å². The topological polar surface area (TPSA) is 102 Å². The zero-order valence-corrected chi connectivity index (χ0v) is 18.1. The summed E-state index contributed by atoms with van der Waals surface area (Å²) in [5, 5.41) is 30.3. The van der Waals surface area contributed by atoms with Gasteiger partial charge in [0.1, 0.15) is 17.2 Å². The van der Waals surface area contributed by atoms with Crippen LogP contribution in [0.1, 0.15) is 50.2 Å². The number of nitrogens with zero attached hydrogens (tertiary/aromatic N) is 1. The highest BCUT2D eigenvalue weighted by Gasteiger charge is 2.33. The maximum absolute atomic E-state index is 14.7. The van der Waals surface area contributed by atoms with Gasteiger partial charge in [0.2, 0.25) is 0 Å². The summed E-state index contributed by atoms with van der Waals surface area (Å²) >= 11 is 0. The Bertz CT molecular complexity index is 954. The van der Waals surface area contributed by atoms with Crippen LogP contribution in [0.5, 0.6) is 17.2 Å². The highest BCUT2D eigenvalue weighted by molar-refractivity contribution is 5.86. The lowest BCUT2D eigenvalue weighted by molar-refractivity contribution is -0.757. The minimum absolute atomic E-state index is 0.0206. The Labute approximate surface area is 185 Å². The van der Waals surface area contributed by atoms with Crippen LogP contribution < -0.4 is 4.74 Å². The van der Waals surface area contributed by atoms with Gasteiger partial charge in [0, 0.05) is 17.5 Å². The van der Waals surface area contributed by atoms with Crippen LogP contribution in [0.25, 0.3) is 16.7 Å². The van der Waals surface area contributed by atoms with Crippen LogP contribution in [-0.4, -0.2) is 29.0 Å². The number of unbranched alkanes of at least 4 members (excludes halogenated alkanes) is 3. The molecule has 0 fully saturated rings. The van der Waals surface area contributed by atoms with Crippen molar-refractivity contribution in [3.8, 4) is 28.4 Å². The first kappa shape index (κ1) is 24.9. The van der Waals surface area contributed by atoms with Gasteiger partial charge in [-0.25, -0.2) is 8.78 Å². The van der Waals surface area contributed by atoms with E-state index in [4.69, 9.17) is 4.74 Å². The van der Waals surface area contributed by atoms with Crippen LogP contribution in [0.4, 0.5) is 8.78 Å². The molecule has 0 aliphatic carbocycles. The molecule has 9 heteroatoms. The second-order valence-corrected chi connectivity index (χ2v) is 7.51. The van der Waals surface area contributed by atoms with Crippen LogP contribution in [0.2, 0.25) is 0 Å². The van der Waals surface area contributed by atoms with Crippen molar-refractivity contribution in [2.45, 2.75) is 45.0 Å². The smallest absolute Gasteiger partial charge is 0.294 e. The molecule has 32 heavy (non-hydrogen) atoms. The molecule has 174 valence electrons. The van der Waals surface area contributed by atoms with Gasteiger partial charge in [0.15, 0.2) is 0 Å². The molecule has 2 aromatic rings. The van der Waals surface area contributed by atoms with Crippen LogP contribution in [0.3, 0.4) is 0 Å². The first-order chi connectivity index (χ1) is 15.1. The lowest BCUT2D eigenvalue weighted by atomic mass is 9.92. The van der Waals surface area contributed by atoms with E-state index in [0.29, 0.717) is 41.7 Å². The monoisotopic (exact) mass is 451 g/mol. The normalized spacial score (nSPS) is 11.2. The van der Waals surface area contributed by atoms with E-state index in [-0.39, 0.29) is 18.6 Å². The third kappa shape index (κ3) is 6.32. The first-order valence-corrected chi connectivity index (χ1v) is 10.1. The zero-order valence-electron chi connectivity index (χ0n) is 18.1. The number of halogens is 2. The number of phenolic OH excluding ortho intramolecular Hbond substituents is 2. The average molecular weight is 451 g/mol. The van der Waals surface area contributed by atoms with Gasteiger partial charge in [-0.15, -0.1) is 10.1 Å².